The van der Waals surface area contributed by atoms with Crippen LogP contribution >= 0.6 is 0 Å². The van der Waals surface area contributed by atoms with Crippen molar-refractivity contribution in [2.24, 2.45) is 5.92 Å². The van der Waals surface area contributed by atoms with Crippen LogP contribution in [-0.2, 0) is 16.6 Å². The number of hydrogen-bond acceptors (Lipinski definition) is 3. The summed E-state index contributed by atoms with van der Waals surface area (Å²) in [6.07, 6.45) is 1.94. The topological polar surface area (TPSA) is 57.6 Å². The van der Waals surface area contributed by atoms with Gasteiger partial charge in [0, 0.05) is 19.0 Å². The molecule has 0 spiro atoms. The number of aryl methyl sites for hydroxylation is 1. The van der Waals surface area contributed by atoms with Crippen LogP contribution in [0.3, 0.4) is 0 Å². The lowest BCUT2D eigenvalue weighted by Gasteiger charge is -2.30. The van der Waals surface area contributed by atoms with Crippen LogP contribution in [0.25, 0.3) is 0 Å². The van der Waals surface area contributed by atoms with Gasteiger partial charge in [0.25, 0.3) is 0 Å². The van der Waals surface area contributed by atoms with Crippen LogP contribution in [-0.4, -0.2) is 24.4 Å². The number of aliphatic hydroxyl groups excluding tert-OH is 1. The average Bonchev–Trinajstić information content (AvgIpc) is 2.82. The first-order valence-corrected chi connectivity index (χ1v) is 12.7. The third kappa shape index (κ3) is 6.28. The summed E-state index contributed by atoms with van der Waals surface area (Å²) >= 11 is 0. The lowest BCUT2D eigenvalue weighted by Crippen LogP contribution is -2.37. The summed E-state index contributed by atoms with van der Waals surface area (Å²) < 4.78 is 28.8. The standard InChI is InChI=1S/C27H33NO3S/c1-3-4-13-25(27(29)24-14-9-6-10-15-24)21-28(20-23-11-7-5-8-12-23)32(30,31)26-18-16-22(2)17-19-26/h5-12,14-19,25,27,29H,3-4,13,20-21H2,1-2H3/t25-,27-/m1/s1. The minimum Gasteiger partial charge on any atom is -0.388 e. The minimum atomic E-state index is -3.73. The Morgan fingerprint density at radius 3 is 2.06 bits per heavy atom. The molecule has 0 unspecified atom stereocenters. The van der Waals surface area contributed by atoms with Crippen LogP contribution in [0.2, 0.25) is 0 Å². The van der Waals surface area contributed by atoms with Gasteiger partial charge >= 0.3 is 0 Å². The first-order chi connectivity index (χ1) is 15.4. The van der Waals surface area contributed by atoms with Gasteiger partial charge in [-0.2, -0.15) is 4.31 Å². The lowest BCUT2D eigenvalue weighted by molar-refractivity contribution is 0.0876. The maximum absolute atomic E-state index is 13.7. The van der Waals surface area contributed by atoms with Gasteiger partial charge in [-0.1, -0.05) is 98.1 Å². The second-order valence-corrected chi connectivity index (χ2v) is 10.3. The Bertz CT molecular complexity index is 1050. The van der Waals surface area contributed by atoms with Crippen LogP contribution in [0.15, 0.2) is 89.8 Å². The summed E-state index contributed by atoms with van der Waals surface area (Å²) in [6.45, 7) is 4.56. The van der Waals surface area contributed by atoms with Crippen LogP contribution in [0.4, 0.5) is 0 Å². The quantitative estimate of drug-likeness (QED) is 0.405. The lowest BCUT2D eigenvalue weighted by atomic mass is 9.91. The van der Waals surface area contributed by atoms with Crippen molar-refractivity contribution in [3.63, 3.8) is 0 Å². The van der Waals surface area contributed by atoms with Crippen molar-refractivity contribution in [3.05, 3.63) is 102 Å². The normalized spacial score (nSPS) is 13.8. The molecule has 0 aliphatic rings. The molecule has 170 valence electrons. The molecule has 0 aromatic heterocycles. The summed E-state index contributed by atoms with van der Waals surface area (Å²) in [5, 5.41) is 11.2. The van der Waals surface area contributed by atoms with Crippen molar-refractivity contribution in [1.82, 2.24) is 4.31 Å². The fourth-order valence-electron chi connectivity index (χ4n) is 3.89. The average molecular weight is 452 g/mol. The zero-order valence-electron chi connectivity index (χ0n) is 18.9. The number of aliphatic hydroxyl groups is 1. The predicted octanol–water partition coefficient (Wildman–Crippen LogP) is 5.73. The van der Waals surface area contributed by atoms with Gasteiger partial charge < -0.3 is 5.11 Å². The molecule has 0 aliphatic carbocycles. The van der Waals surface area contributed by atoms with Crippen LogP contribution in [0.1, 0.15) is 49.0 Å². The highest BCUT2D eigenvalue weighted by atomic mass is 32.2. The van der Waals surface area contributed by atoms with Crippen molar-refractivity contribution in [2.45, 2.75) is 50.7 Å². The fourth-order valence-corrected chi connectivity index (χ4v) is 5.38. The molecule has 0 radical (unpaired) electrons. The zero-order valence-corrected chi connectivity index (χ0v) is 19.7. The van der Waals surface area contributed by atoms with E-state index in [1.807, 2.05) is 79.7 Å². The molecule has 0 saturated heterocycles. The van der Waals surface area contributed by atoms with Gasteiger partial charge in [-0.15, -0.1) is 0 Å². The van der Waals surface area contributed by atoms with E-state index >= 15 is 0 Å². The summed E-state index contributed by atoms with van der Waals surface area (Å²) in [5.74, 6) is -0.207. The highest BCUT2D eigenvalue weighted by Crippen LogP contribution is 2.30. The van der Waals surface area contributed by atoms with E-state index in [1.165, 1.54) is 4.31 Å². The molecule has 0 bridgehead atoms. The van der Waals surface area contributed by atoms with E-state index in [2.05, 4.69) is 6.92 Å². The molecule has 0 saturated carbocycles. The maximum atomic E-state index is 13.7. The molecule has 2 atom stereocenters. The molecule has 4 nitrogen and oxygen atoms in total. The summed E-state index contributed by atoms with van der Waals surface area (Å²) in [4.78, 5) is 0.280. The highest BCUT2D eigenvalue weighted by Gasteiger charge is 2.30. The zero-order chi connectivity index (χ0) is 23.0. The molecule has 3 rings (SSSR count). The van der Waals surface area contributed by atoms with Crippen molar-refractivity contribution in [1.29, 1.82) is 0 Å². The Balaban J connectivity index is 1.95. The van der Waals surface area contributed by atoms with Gasteiger partial charge in [0.2, 0.25) is 10.0 Å². The van der Waals surface area contributed by atoms with E-state index < -0.39 is 16.1 Å². The Hall–Kier alpha value is -2.47. The van der Waals surface area contributed by atoms with E-state index in [0.717, 1.165) is 36.0 Å². The van der Waals surface area contributed by atoms with Gasteiger partial charge in [0.05, 0.1) is 11.0 Å². The van der Waals surface area contributed by atoms with E-state index in [1.54, 1.807) is 12.1 Å². The number of benzene rings is 3. The van der Waals surface area contributed by atoms with Gasteiger partial charge in [-0.05, 0) is 36.6 Å². The van der Waals surface area contributed by atoms with Crippen LogP contribution in [0, 0.1) is 12.8 Å². The molecule has 0 heterocycles. The molecule has 3 aromatic carbocycles. The van der Waals surface area contributed by atoms with Gasteiger partial charge in [0.1, 0.15) is 0 Å². The summed E-state index contributed by atoms with van der Waals surface area (Å²) in [6, 6.07) is 26.1. The molecular weight excluding hydrogens is 418 g/mol. The van der Waals surface area contributed by atoms with E-state index in [-0.39, 0.29) is 23.9 Å². The Kier molecular flexibility index (Phi) is 8.62. The van der Waals surface area contributed by atoms with Crippen molar-refractivity contribution in [3.8, 4) is 0 Å². The minimum absolute atomic E-state index is 0.207. The van der Waals surface area contributed by atoms with Crippen LogP contribution in [0.5, 0.6) is 0 Å². The van der Waals surface area contributed by atoms with Crippen molar-refractivity contribution < 1.29 is 13.5 Å². The molecular formula is C27H33NO3S. The van der Waals surface area contributed by atoms with Gasteiger partial charge in [-0.25, -0.2) is 8.42 Å². The smallest absolute Gasteiger partial charge is 0.243 e. The molecule has 3 aromatic rings. The SMILES string of the molecule is CCCC[C@H](CN(Cc1ccccc1)S(=O)(=O)c1ccc(C)cc1)[C@H](O)c1ccccc1. The number of rotatable bonds is 11. The van der Waals surface area contributed by atoms with E-state index in [4.69, 9.17) is 0 Å². The van der Waals surface area contributed by atoms with Crippen LogP contribution < -0.4 is 0 Å². The predicted molar refractivity (Wildman–Crippen MR) is 130 cm³/mol. The van der Waals surface area contributed by atoms with Gasteiger partial charge in [-0.3, -0.25) is 0 Å². The number of nitrogens with zero attached hydrogens (tertiary/aromatic N) is 1. The fraction of sp³-hybridized carbons (Fsp3) is 0.333. The third-order valence-electron chi connectivity index (χ3n) is 5.81. The Morgan fingerprint density at radius 1 is 0.875 bits per heavy atom. The second-order valence-electron chi connectivity index (χ2n) is 8.35. The Labute approximate surface area is 192 Å². The third-order valence-corrected chi connectivity index (χ3v) is 7.64. The number of unbranched alkanes of at least 4 members (excludes halogenated alkanes) is 1. The number of hydrogen-bond donors (Lipinski definition) is 1. The van der Waals surface area contributed by atoms with Crippen molar-refractivity contribution >= 4 is 10.0 Å². The first kappa shape index (κ1) is 24.2. The second kappa shape index (κ2) is 11.4. The Morgan fingerprint density at radius 2 is 1.47 bits per heavy atom. The highest BCUT2D eigenvalue weighted by molar-refractivity contribution is 7.89. The monoisotopic (exact) mass is 451 g/mol. The summed E-state index contributed by atoms with van der Waals surface area (Å²) in [7, 11) is -3.73. The number of sulfonamides is 1. The molecule has 1 N–H and O–H groups in total. The maximum Gasteiger partial charge on any atom is 0.243 e. The molecule has 0 aliphatic heterocycles. The molecule has 32 heavy (non-hydrogen) atoms. The largest absolute Gasteiger partial charge is 0.388 e. The molecule has 0 amide bonds. The summed E-state index contributed by atoms with van der Waals surface area (Å²) in [5.41, 5.74) is 2.76. The van der Waals surface area contributed by atoms with Crippen molar-refractivity contribution in [2.75, 3.05) is 6.54 Å². The molecule has 0 fully saturated rings. The van der Waals surface area contributed by atoms with E-state index in [0.29, 0.717) is 0 Å². The molecule has 5 heteroatoms. The van der Waals surface area contributed by atoms with Gasteiger partial charge in [0.15, 0.2) is 0 Å². The van der Waals surface area contributed by atoms with E-state index in [9.17, 15) is 13.5 Å². The first-order valence-electron chi connectivity index (χ1n) is 11.3.